The molecule has 0 aromatic heterocycles. The summed E-state index contributed by atoms with van der Waals surface area (Å²) in [6, 6.07) is 0. The van der Waals surface area contributed by atoms with E-state index in [1.54, 1.807) is 14.2 Å². The zero-order valence-corrected chi connectivity index (χ0v) is 20.4. The Morgan fingerprint density at radius 3 is 2.21 bits per heavy atom. The van der Waals surface area contributed by atoms with Gasteiger partial charge in [0, 0.05) is 40.2 Å². The molecular formula is C24H47NO4. The van der Waals surface area contributed by atoms with Crippen LogP contribution in [0.2, 0.25) is 0 Å². The first-order valence-electron chi connectivity index (χ1n) is 11.6. The van der Waals surface area contributed by atoms with Gasteiger partial charge in [-0.05, 0) is 49.0 Å². The minimum absolute atomic E-state index is 0.172. The van der Waals surface area contributed by atoms with Gasteiger partial charge in [-0.1, -0.05) is 41.5 Å². The number of rotatable bonds is 10. The molecule has 0 N–H and O–H groups in total. The normalized spacial score (nSPS) is 28.8. The standard InChI is InChI=1S/C24H47NO4/c1-9-25(16-21(26-7)27-8)15-12-20-17-28-24(29-20)13-10-19(11-14-24)23(5,6)18-22(2,3)4/h19-21H,9-18H2,1-8H3. The molecule has 0 aromatic rings. The molecule has 1 unspecified atom stereocenters. The third-order valence-electron chi connectivity index (χ3n) is 6.90. The van der Waals surface area contributed by atoms with E-state index in [0.717, 1.165) is 51.4 Å². The van der Waals surface area contributed by atoms with Crippen molar-refractivity contribution in [2.75, 3.05) is 40.5 Å². The van der Waals surface area contributed by atoms with Crippen molar-refractivity contribution in [3.63, 3.8) is 0 Å². The van der Waals surface area contributed by atoms with Gasteiger partial charge in [0.25, 0.3) is 0 Å². The summed E-state index contributed by atoms with van der Waals surface area (Å²) in [6.07, 6.45) is 6.78. The molecule has 0 aromatic carbocycles. The van der Waals surface area contributed by atoms with Crippen LogP contribution in [0.4, 0.5) is 0 Å². The largest absolute Gasteiger partial charge is 0.355 e. The van der Waals surface area contributed by atoms with E-state index in [4.69, 9.17) is 18.9 Å². The van der Waals surface area contributed by atoms with Gasteiger partial charge < -0.3 is 18.9 Å². The lowest BCUT2D eigenvalue weighted by atomic mass is 9.64. The van der Waals surface area contributed by atoms with Crippen molar-refractivity contribution in [3.05, 3.63) is 0 Å². The van der Waals surface area contributed by atoms with Crippen LogP contribution >= 0.6 is 0 Å². The van der Waals surface area contributed by atoms with E-state index in [9.17, 15) is 0 Å². The fourth-order valence-corrected chi connectivity index (χ4v) is 5.53. The van der Waals surface area contributed by atoms with Gasteiger partial charge in [0.05, 0.1) is 12.7 Å². The summed E-state index contributed by atoms with van der Waals surface area (Å²) in [7, 11) is 3.39. The maximum atomic E-state index is 6.49. The van der Waals surface area contributed by atoms with Gasteiger partial charge >= 0.3 is 0 Å². The number of ether oxygens (including phenoxy) is 4. The fourth-order valence-electron chi connectivity index (χ4n) is 5.53. The first-order chi connectivity index (χ1) is 13.5. The number of hydrogen-bond donors (Lipinski definition) is 0. The van der Waals surface area contributed by atoms with Crippen molar-refractivity contribution in [3.8, 4) is 0 Å². The van der Waals surface area contributed by atoms with E-state index in [0.29, 0.717) is 10.8 Å². The molecule has 1 aliphatic carbocycles. The molecule has 172 valence electrons. The van der Waals surface area contributed by atoms with Crippen molar-refractivity contribution in [2.45, 2.75) is 98.2 Å². The van der Waals surface area contributed by atoms with Crippen LogP contribution < -0.4 is 0 Å². The minimum atomic E-state index is -0.322. The molecule has 1 heterocycles. The van der Waals surface area contributed by atoms with Crippen LogP contribution in [0.1, 0.15) is 80.1 Å². The van der Waals surface area contributed by atoms with E-state index in [1.807, 2.05) is 0 Å². The molecule has 1 saturated heterocycles. The Labute approximate surface area is 179 Å². The predicted octanol–water partition coefficient (Wildman–Crippen LogP) is 5.08. The zero-order valence-electron chi connectivity index (χ0n) is 20.4. The summed E-state index contributed by atoms with van der Waals surface area (Å²) in [4.78, 5) is 2.36. The molecule has 2 fully saturated rings. The summed E-state index contributed by atoms with van der Waals surface area (Å²) >= 11 is 0. The summed E-state index contributed by atoms with van der Waals surface area (Å²) in [5.74, 6) is 0.437. The van der Waals surface area contributed by atoms with E-state index in [2.05, 4.69) is 46.4 Å². The molecule has 1 saturated carbocycles. The first-order valence-corrected chi connectivity index (χ1v) is 11.6. The van der Waals surface area contributed by atoms with E-state index >= 15 is 0 Å². The van der Waals surface area contributed by atoms with Crippen LogP contribution in [0, 0.1) is 16.7 Å². The molecule has 1 atom stereocenters. The highest BCUT2D eigenvalue weighted by molar-refractivity contribution is 4.91. The maximum Gasteiger partial charge on any atom is 0.169 e. The van der Waals surface area contributed by atoms with Crippen LogP contribution in [0.3, 0.4) is 0 Å². The Bertz CT molecular complexity index is 476. The molecule has 0 bridgehead atoms. The third kappa shape index (κ3) is 7.46. The average molecular weight is 414 g/mol. The quantitative estimate of drug-likeness (QED) is 0.467. The highest BCUT2D eigenvalue weighted by Gasteiger charge is 2.47. The van der Waals surface area contributed by atoms with Crippen LogP contribution in [-0.4, -0.2) is 63.5 Å². The van der Waals surface area contributed by atoms with Crippen molar-refractivity contribution < 1.29 is 18.9 Å². The Balaban J connectivity index is 1.79. The molecule has 29 heavy (non-hydrogen) atoms. The van der Waals surface area contributed by atoms with Gasteiger partial charge in [0.2, 0.25) is 0 Å². The van der Waals surface area contributed by atoms with Crippen LogP contribution in [0.25, 0.3) is 0 Å². The lowest BCUT2D eigenvalue weighted by molar-refractivity contribution is -0.198. The van der Waals surface area contributed by atoms with E-state index in [-0.39, 0.29) is 18.2 Å². The first kappa shape index (κ1) is 25.1. The Kier molecular flexibility index (Phi) is 9.00. The smallest absolute Gasteiger partial charge is 0.169 e. The maximum absolute atomic E-state index is 6.49. The average Bonchev–Trinajstić information content (AvgIpc) is 3.03. The number of nitrogens with zero attached hydrogens (tertiary/aromatic N) is 1. The summed E-state index contributed by atoms with van der Waals surface area (Å²) in [5.41, 5.74) is 0.749. The van der Waals surface area contributed by atoms with Crippen molar-refractivity contribution >= 4 is 0 Å². The Hall–Kier alpha value is -0.200. The lowest BCUT2D eigenvalue weighted by Crippen LogP contribution is -2.41. The third-order valence-corrected chi connectivity index (χ3v) is 6.90. The number of hydrogen-bond acceptors (Lipinski definition) is 5. The van der Waals surface area contributed by atoms with Gasteiger partial charge in [-0.15, -0.1) is 0 Å². The van der Waals surface area contributed by atoms with E-state index < -0.39 is 0 Å². The van der Waals surface area contributed by atoms with Gasteiger partial charge in [-0.3, -0.25) is 4.90 Å². The monoisotopic (exact) mass is 413 g/mol. The van der Waals surface area contributed by atoms with Gasteiger partial charge in [0.15, 0.2) is 12.1 Å². The molecule has 2 rings (SSSR count). The Morgan fingerprint density at radius 2 is 1.69 bits per heavy atom. The summed E-state index contributed by atoms with van der Waals surface area (Å²) < 4.78 is 23.4. The van der Waals surface area contributed by atoms with Crippen LogP contribution in [-0.2, 0) is 18.9 Å². The van der Waals surface area contributed by atoms with Gasteiger partial charge in [-0.2, -0.15) is 0 Å². The fraction of sp³-hybridized carbons (Fsp3) is 1.00. The van der Waals surface area contributed by atoms with Crippen LogP contribution in [0.15, 0.2) is 0 Å². The minimum Gasteiger partial charge on any atom is -0.355 e. The molecule has 2 aliphatic rings. The molecule has 0 radical (unpaired) electrons. The molecule has 0 amide bonds. The summed E-state index contributed by atoms with van der Waals surface area (Å²) in [5, 5.41) is 0. The number of likely N-dealkylation sites (N-methyl/N-ethyl adjacent to an activating group) is 1. The molecule has 5 nitrogen and oxygen atoms in total. The highest BCUT2D eigenvalue weighted by atomic mass is 16.7. The van der Waals surface area contributed by atoms with Crippen LogP contribution in [0.5, 0.6) is 0 Å². The molecule has 1 aliphatic heterocycles. The van der Waals surface area contributed by atoms with Crippen molar-refractivity contribution in [1.29, 1.82) is 0 Å². The highest BCUT2D eigenvalue weighted by Crippen LogP contribution is 2.49. The Morgan fingerprint density at radius 1 is 1.07 bits per heavy atom. The number of methoxy groups -OCH3 is 2. The zero-order chi connectivity index (χ0) is 21.7. The van der Waals surface area contributed by atoms with Crippen molar-refractivity contribution in [1.82, 2.24) is 4.90 Å². The lowest BCUT2D eigenvalue weighted by Gasteiger charge is -2.45. The molecule has 1 spiro atoms. The SMILES string of the molecule is CCN(CCC1COC2(CCC(C(C)(C)CC(C)(C)C)CC2)O1)CC(OC)OC. The summed E-state index contributed by atoms with van der Waals surface area (Å²) in [6.45, 7) is 17.6. The molecular weight excluding hydrogens is 366 g/mol. The second-order valence-corrected chi connectivity index (χ2v) is 11.0. The second-order valence-electron chi connectivity index (χ2n) is 11.0. The predicted molar refractivity (Wildman–Crippen MR) is 118 cm³/mol. The topological polar surface area (TPSA) is 40.2 Å². The van der Waals surface area contributed by atoms with E-state index in [1.165, 1.54) is 19.3 Å². The van der Waals surface area contributed by atoms with Gasteiger partial charge in [0.1, 0.15) is 0 Å². The second kappa shape index (κ2) is 10.4. The van der Waals surface area contributed by atoms with Gasteiger partial charge in [-0.25, -0.2) is 0 Å². The molecule has 5 heteroatoms. The van der Waals surface area contributed by atoms with Crippen molar-refractivity contribution in [2.24, 2.45) is 16.7 Å².